The Morgan fingerprint density at radius 2 is 1.69 bits per heavy atom. The zero-order valence-electron chi connectivity index (χ0n) is 17.2. The van der Waals surface area contributed by atoms with Crippen molar-refractivity contribution in [2.45, 2.75) is 24.1 Å². The molecule has 0 aliphatic carbocycles. The van der Waals surface area contributed by atoms with Gasteiger partial charge < -0.3 is 14.4 Å². The minimum absolute atomic E-state index is 0.0968. The molecule has 4 nitrogen and oxygen atoms in total. The molecule has 1 N–H and O–H groups in total. The summed E-state index contributed by atoms with van der Waals surface area (Å²) >= 11 is -1.47. The molecule has 0 heterocycles. The normalized spacial score (nSPS) is 12.4. The third-order valence-corrected chi connectivity index (χ3v) is 6.12. The van der Waals surface area contributed by atoms with Crippen LogP contribution in [0.15, 0.2) is 66.7 Å². The maximum absolute atomic E-state index is 13.4. The first kappa shape index (κ1) is 23.7. The first-order chi connectivity index (χ1) is 15.2. The zero-order chi connectivity index (χ0) is 23.3. The molecule has 3 rings (SSSR count). The lowest BCUT2D eigenvalue weighted by Crippen LogP contribution is -2.11. The summed E-state index contributed by atoms with van der Waals surface area (Å²) in [5.41, 5.74) is 1.58. The summed E-state index contributed by atoms with van der Waals surface area (Å²) < 4.78 is 58.3. The number of carbonyl (C=O) groups is 1. The van der Waals surface area contributed by atoms with Crippen LogP contribution in [0.5, 0.6) is 5.75 Å². The molecule has 0 spiro atoms. The molecule has 0 saturated carbocycles. The van der Waals surface area contributed by atoms with E-state index in [4.69, 9.17) is 9.84 Å². The molecule has 8 heteroatoms. The van der Waals surface area contributed by atoms with Crippen molar-refractivity contribution >= 4 is 17.1 Å². The van der Waals surface area contributed by atoms with Crippen LogP contribution in [0.3, 0.4) is 0 Å². The van der Waals surface area contributed by atoms with Crippen molar-refractivity contribution < 1.29 is 32.4 Å². The van der Waals surface area contributed by atoms with Crippen molar-refractivity contribution in [3.05, 3.63) is 89.0 Å². The summed E-state index contributed by atoms with van der Waals surface area (Å²) in [6.45, 7) is 0. The molecular formula is C24H21F3O4S. The molecule has 0 radical (unpaired) electrons. The van der Waals surface area contributed by atoms with E-state index in [1.165, 1.54) is 13.2 Å². The smallest absolute Gasteiger partial charge is 0.416 e. The molecule has 1 unspecified atom stereocenters. The Balaban J connectivity index is 2.04. The maximum Gasteiger partial charge on any atom is 0.416 e. The van der Waals surface area contributed by atoms with Gasteiger partial charge in [-0.25, -0.2) is 0 Å². The Kier molecular flexibility index (Phi) is 7.48. The van der Waals surface area contributed by atoms with Gasteiger partial charge in [-0.15, -0.1) is 0 Å². The van der Waals surface area contributed by atoms with E-state index in [0.717, 1.165) is 17.7 Å². The first-order valence-corrected chi connectivity index (χ1v) is 11.1. The highest BCUT2D eigenvalue weighted by Crippen LogP contribution is 2.38. The van der Waals surface area contributed by atoms with Crippen molar-refractivity contribution in [3.63, 3.8) is 0 Å². The molecule has 32 heavy (non-hydrogen) atoms. The van der Waals surface area contributed by atoms with Gasteiger partial charge in [0, 0.05) is 16.7 Å². The maximum atomic E-state index is 13.4. The van der Waals surface area contributed by atoms with Gasteiger partial charge in [0.1, 0.15) is 17.3 Å². The second kappa shape index (κ2) is 10.1. The number of carboxylic acids is 1. The van der Waals surface area contributed by atoms with E-state index in [-0.39, 0.29) is 23.5 Å². The van der Waals surface area contributed by atoms with E-state index in [1.807, 2.05) is 18.2 Å². The molecule has 0 aromatic heterocycles. The number of halogens is 3. The van der Waals surface area contributed by atoms with Crippen LogP contribution in [0.2, 0.25) is 0 Å². The number of benzene rings is 3. The number of aliphatic carboxylic acids is 1. The Labute approximate surface area is 186 Å². The summed E-state index contributed by atoms with van der Waals surface area (Å²) in [7, 11) is 1.42. The summed E-state index contributed by atoms with van der Waals surface area (Å²) in [6.07, 6.45) is -4.80. The third kappa shape index (κ3) is 6.05. The minimum Gasteiger partial charge on any atom is -0.616 e. The fourth-order valence-corrected chi connectivity index (χ4v) is 4.64. The van der Waals surface area contributed by atoms with Crippen LogP contribution < -0.4 is 4.74 Å². The lowest BCUT2D eigenvalue weighted by Gasteiger charge is -2.18. The van der Waals surface area contributed by atoms with E-state index >= 15 is 0 Å². The van der Waals surface area contributed by atoms with Crippen LogP contribution in [0.1, 0.15) is 22.3 Å². The molecule has 0 aliphatic heterocycles. The fourth-order valence-electron chi connectivity index (χ4n) is 3.39. The van der Waals surface area contributed by atoms with Crippen LogP contribution in [-0.4, -0.2) is 22.7 Å². The highest BCUT2D eigenvalue weighted by Gasteiger charge is 2.32. The van der Waals surface area contributed by atoms with Crippen LogP contribution >= 0.6 is 0 Å². The predicted molar refractivity (Wildman–Crippen MR) is 117 cm³/mol. The molecule has 0 fully saturated rings. The quantitative estimate of drug-likeness (QED) is 0.452. The van der Waals surface area contributed by atoms with Crippen molar-refractivity contribution in [3.8, 4) is 16.9 Å². The van der Waals surface area contributed by atoms with Crippen LogP contribution in [0, 0.1) is 0 Å². The lowest BCUT2D eigenvalue weighted by atomic mass is 9.95. The highest BCUT2D eigenvalue weighted by atomic mass is 32.2. The number of alkyl halides is 3. The summed E-state index contributed by atoms with van der Waals surface area (Å²) in [6, 6.07) is 17.1. The topological polar surface area (TPSA) is 69.6 Å². The number of hydrogen-bond donors (Lipinski definition) is 1. The van der Waals surface area contributed by atoms with E-state index in [0.29, 0.717) is 22.4 Å². The molecule has 1 atom stereocenters. The lowest BCUT2D eigenvalue weighted by molar-refractivity contribution is -0.138. The van der Waals surface area contributed by atoms with Gasteiger partial charge >= 0.3 is 12.1 Å². The highest BCUT2D eigenvalue weighted by molar-refractivity contribution is 7.89. The van der Waals surface area contributed by atoms with Crippen molar-refractivity contribution in [2.75, 3.05) is 7.11 Å². The standard InChI is InChI=1S/C24H21F3O4S/c1-31-22-10-7-17(12-23(28)29)11-21(22)20-9-8-19(24(25,26)27)13-18(20)15-32(30)14-16-5-3-2-4-6-16/h2-11,13H,12,14-15H2,1H3,(H,28,29). The molecular weight excluding hydrogens is 441 g/mol. The Morgan fingerprint density at radius 3 is 2.31 bits per heavy atom. The Morgan fingerprint density at radius 1 is 0.969 bits per heavy atom. The molecule has 0 bridgehead atoms. The average molecular weight is 462 g/mol. The first-order valence-electron chi connectivity index (χ1n) is 9.65. The molecule has 168 valence electrons. The van der Waals surface area contributed by atoms with Gasteiger partial charge in [-0.3, -0.25) is 4.79 Å². The third-order valence-electron chi connectivity index (χ3n) is 4.83. The SMILES string of the molecule is COc1ccc(CC(=O)O)cc1-c1ccc(C(F)(F)F)cc1C[S+]([O-])Cc1ccccc1. The molecule has 0 saturated heterocycles. The summed E-state index contributed by atoms with van der Waals surface area (Å²) in [4.78, 5) is 11.1. The largest absolute Gasteiger partial charge is 0.616 e. The molecule has 3 aromatic rings. The van der Waals surface area contributed by atoms with Gasteiger partial charge in [0.25, 0.3) is 0 Å². The average Bonchev–Trinajstić information content (AvgIpc) is 2.73. The van der Waals surface area contributed by atoms with Gasteiger partial charge in [0.05, 0.1) is 19.1 Å². The molecule has 3 aromatic carbocycles. The second-order valence-electron chi connectivity index (χ2n) is 7.19. The number of rotatable bonds is 8. The number of carboxylic acid groups (broad SMARTS) is 1. The number of ether oxygens (including phenoxy) is 1. The minimum atomic E-state index is -4.55. The Hall–Kier alpha value is -2.97. The number of hydrogen-bond acceptors (Lipinski definition) is 3. The summed E-state index contributed by atoms with van der Waals surface area (Å²) in [5.74, 6) is -0.542. The summed E-state index contributed by atoms with van der Waals surface area (Å²) in [5, 5.41) is 9.10. The van der Waals surface area contributed by atoms with Gasteiger partial charge in [0.15, 0.2) is 0 Å². The van der Waals surface area contributed by atoms with E-state index in [9.17, 15) is 22.5 Å². The van der Waals surface area contributed by atoms with E-state index in [1.54, 1.807) is 30.3 Å². The molecule has 0 amide bonds. The Bertz CT molecular complexity index is 1080. The van der Waals surface area contributed by atoms with Crippen LogP contribution in [0.4, 0.5) is 13.2 Å². The fraction of sp³-hybridized carbons (Fsp3) is 0.208. The van der Waals surface area contributed by atoms with Crippen LogP contribution in [-0.2, 0) is 40.1 Å². The second-order valence-corrected chi connectivity index (χ2v) is 8.65. The van der Waals surface area contributed by atoms with Crippen molar-refractivity contribution in [1.82, 2.24) is 0 Å². The monoisotopic (exact) mass is 462 g/mol. The van der Waals surface area contributed by atoms with Gasteiger partial charge in [-0.05, 0) is 46.6 Å². The van der Waals surface area contributed by atoms with E-state index in [2.05, 4.69) is 0 Å². The van der Waals surface area contributed by atoms with Gasteiger partial charge in [-0.2, -0.15) is 13.2 Å². The predicted octanol–water partition coefficient (Wildman–Crippen LogP) is 5.46. The zero-order valence-corrected chi connectivity index (χ0v) is 18.0. The van der Waals surface area contributed by atoms with Gasteiger partial charge in [0.2, 0.25) is 0 Å². The van der Waals surface area contributed by atoms with Crippen molar-refractivity contribution in [1.29, 1.82) is 0 Å². The van der Waals surface area contributed by atoms with Gasteiger partial charge in [-0.1, -0.05) is 42.5 Å². The molecule has 0 aliphatic rings. The van der Waals surface area contributed by atoms with Crippen molar-refractivity contribution in [2.24, 2.45) is 0 Å². The number of methoxy groups -OCH3 is 1. The van der Waals surface area contributed by atoms with Crippen LogP contribution in [0.25, 0.3) is 11.1 Å². The van der Waals surface area contributed by atoms with E-state index < -0.39 is 28.9 Å².